The highest BCUT2D eigenvalue weighted by molar-refractivity contribution is 7.98. The molecule has 0 bridgehead atoms. The minimum Gasteiger partial charge on any atom is -0.480 e. The van der Waals surface area contributed by atoms with Gasteiger partial charge in [-0.1, -0.05) is 13.8 Å². The second-order valence-corrected chi connectivity index (χ2v) is 7.44. The van der Waals surface area contributed by atoms with Gasteiger partial charge in [-0.25, -0.2) is 4.79 Å². The van der Waals surface area contributed by atoms with Crippen molar-refractivity contribution in [3.63, 3.8) is 0 Å². The Morgan fingerprint density at radius 3 is 2.11 bits per heavy atom. The first-order valence-corrected chi connectivity index (χ1v) is 10.0. The Morgan fingerprint density at radius 2 is 1.64 bits per heavy atom. The van der Waals surface area contributed by atoms with Crippen LogP contribution >= 0.6 is 11.8 Å². The standard InChI is InChI=1S/C16H29N5O6S/c1-8(2)13(18)15(25)19-7-12(23)20-10(6-11(17)22)14(24)21-9(16(26)27)4-5-28-3/h8-10,13H,4-7,18H2,1-3H3,(H2,17,22)(H,19,25)(H,20,23)(H,21,24)(H,26,27). The number of thioether (sulfide) groups is 1. The maximum atomic E-state index is 12.3. The number of carboxylic acid groups (broad SMARTS) is 1. The van der Waals surface area contributed by atoms with E-state index in [0.29, 0.717) is 5.75 Å². The summed E-state index contributed by atoms with van der Waals surface area (Å²) in [6.07, 6.45) is 1.44. The molecule has 0 aliphatic rings. The van der Waals surface area contributed by atoms with Crippen molar-refractivity contribution in [2.45, 2.75) is 44.8 Å². The summed E-state index contributed by atoms with van der Waals surface area (Å²) in [4.78, 5) is 58.5. The van der Waals surface area contributed by atoms with E-state index in [1.165, 1.54) is 11.8 Å². The van der Waals surface area contributed by atoms with Gasteiger partial charge < -0.3 is 32.5 Å². The predicted octanol–water partition coefficient (Wildman–Crippen LogP) is -2.23. The molecular formula is C16H29N5O6S. The van der Waals surface area contributed by atoms with Crippen LogP contribution in [0.15, 0.2) is 0 Å². The van der Waals surface area contributed by atoms with Crippen molar-refractivity contribution < 1.29 is 29.1 Å². The summed E-state index contributed by atoms with van der Waals surface area (Å²) in [7, 11) is 0. The molecule has 0 fully saturated rings. The Hall–Kier alpha value is -2.34. The molecule has 0 aromatic heterocycles. The number of carboxylic acids is 1. The molecule has 12 heteroatoms. The van der Waals surface area contributed by atoms with Crippen LogP contribution in [0.4, 0.5) is 0 Å². The van der Waals surface area contributed by atoms with Gasteiger partial charge in [-0.3, -0.25) is 19.2 Å². The Kier molecular flexibility index (Phi) is 11.9. The third kappa shape index (κ3) is 10.1. The van der Waals surface area contributed by atoms with Gasteiger partial charge >= 0.3 is 5.97 Å². The molecule has 0 aliphatic carbocycles. The number of hydrogen-bond acceptors (Lipinski definition) is 7. The van der Waals surface area contributed by atoms with Gasteiger partial charge in [-0.05, 0) is 24.3 Å². The van der Waals surface area contributed by atoms with Gasteiger partial charge in [0.1, 0.15) is 12.1 Å². The van der Waals surface area contributed by atoms with Crippen LogP contribution in [0.2, 0.25) is 0 Å². The summed E-state index contributed by atoms with van der Waals surface area (Å²) in [6.45, 7) is 3.03. The second-order valence-electron chi connectivity index (χ2n) is 6.46. The zero-order valence-electron chi connectivity index (χ0n) is 16.2. The smallest absolute Gasteiger partial charge is 0.326 e. The van der Waals surface area contributed by atoms with E-state index in [1.807, 2.05) is 0 Å². The average Bonchev–Trinajstić information content (AvgIpc) is 2.60. The number of hydrogen-bond donors (Lipinski definition) is 6. The summed E-state index contributed by atoms with van der Waals surface area (Å²) < 4.78 is 0. The van der Waals surface area contributed by atoms with Crippen LogP contribution in [0.25, 0.3) is 0 Å². The molecule has 0 aromatic rings. The van der Waals surface area contributed by atoms with E-state index in [2.05, 4.69) is 16.0 Å². The Morgan fingerprint density at radius 1 is 1.04 bits per heavy atom. The fourth-order valence-corrected chi connectivity index (χ4v) is 2.48. The minimum atomic E-state index is -1.36. The molecule has 160 valence electrons. The van der Waals surface area contributed by atoms with E-state index in [9.17, 15) is 29.1 Å². The quantitative estimate of drug-likeness (QED) is 0.193. The van der Waals surface area contributed by atoms with Gasteiger partial charge in [0.05, 0.1) is 19.0 Å². The van der Waals surface area contributed by atoms with Crippen molar-refractivity contribution in [2.24, 2.45) is 17.4 Å². The van der Waals surface area contributed by atoms with E-state index < -0.39 is 60.7 Å². The molecule has 8 N–H and O–H groups in total. The lowest BCUT2D eigenvalue weighted by atomic mass is 10.1. The van der Waals surface area contributed by atoms with Gasteiger partial charge in [0.25, 0.3) is 0 Å². The fourth-order valence-electron chi connectivity index (χ4n) is 2.01. The third-order valence-electron chi connectivity index (χ3n) is 3.73. The minimum absolute atomic E-state index is 0.134. The third-order valence-corrected chi connectivity index (χ3v) is 4.37. The first kappa shape index (κ1) is 25.7. The van der Waals surface area contributed by atoms with Crippen LogP contribution in [0.3, 0.4) is 0 Å². The van der Waals surface area contributed by atoms with E-state index in [1.54, 1.807) is 20.1 Å². The SMILES string of the molecule is CSCCC(NC(=O)C(CC(N)=O)NC(=O)CNC(=O)C(N)C(C)C)C(=O)O. The zero-order valence-corrected chi connectivity index (χ0v) is 17.0. The van der Waals surface area contributed by atoms with Crippen molar-refractivity contribution in [2.75, 3.05) is 18.6 Å². The molecule has 3 atom stereocenters. The van der Waals surface area contributed by atoms with Crippen molar-refractivity contribution in [3.05, 3.63) is 0 Å². The number of aliphatic carboxylic acids is 1. The number of nitrogens with one attached hydrogen (secondary N) is 3. The van der Waals surface area contributed by atoms with Crippen molar-refractivity contribution in [3.8, 4) is 0 Å². The molecule has 0 saturated heterocycles. The van der Waals surface area contributed by atoms with E-state index in [4.69, 9.17) is 11.5 Å². The largest absolute Gasteiger partial charge is 0.480 e. The molecule has 28 heavy (non-hydrogen) atoms. The molecule has 11 nitrogen and oxygen atoms in total. The van der Waals surface area contributed by atoms with Crippen LogP contribution in [-0.4, -0.2) is 71.4 Å². The number of carbonyl (C=O) groups excluding carboxylic acids is 4. The molecule has 0 aromatic carbocycles. The fraction of sp³-hybridized carbons (Fsp3) is 0.688. The summed E-state index contributed by atoms with van der Waals surface area (Å²) >= 11 is 1.41. The zero-order chi connectivity index (χ0) is 21.9. The molecule has 0 saturated carbocycles. The highest BCUT2D eigenvalue weighted by atomic mass is 32.2. The predicted molar refractivity (Wildman–Crippen MR) is 104 cm³/mol. The normalized spacial score (nSPS) is 13.9. The number of primary amides is 1. The monoisotopic (exact) mass is 419 g/mol. The van der Waals surface area contributed by atoms with Crippen LogP contribution in [0.1, 0.15) is 26.7 Å². The maximum absolute atomic E-state index is 12.3. The first-order chi connectivity index (χ1) is 13.0. The molecule has 0 aliphatic heterocycles. The van der Waals surface area contributed by atoms with Crippen molar-refractivity contribution >= 4 is 41.4 Å². The molecule has 0 rings (SSSR count). The Labute approximate surface area is 167 Å². The maximum Gasteiger partial charge on any atom is 0.326 e. The second kappa shape index (κ2) is 12.9. The first-order valence-electron chi connectivity index (χ1n) is 8.62. The van der Waals surface area contributed by atoms with Crippen molar-refractivity contribution in [1.82, 2.24) is 16.0 Å². The molecule has 3 unspecified atom stereocenters. The van der Waals surface area contributed by atoms with Gasteiger partial charge in [0.15, 0.2) is 0 Å². The lowest BCUT2D eigenvalue weighted by molar-refractivity contribution is -0.142. The Balaban J connectivity index is 4.89. The van der Waals surface area contributed by atoms with Gasteiger partial charge in [-0.2, -0.15) is 11.8 Å². The van der Waals surface area contributed by atoms with Crippen LogP contribution in [-0.2, 0) is 24.0 Å². The highest BCUT2D eigenvalue weighted by Crippen LogP contribution is 2.03. The number of nitrogens with two attached hydrogens (primary N) is 2. The molecule has 0 radical (unpaired) electrons. The number of carbonyl (C=O) groups is 5. The molecule has 4 amide bonds. The molecule has 0 spiro atoms. The lowest BCUT2D eigenvalue weighted by Crippen LogP contribution is -2.55. The summed E-state index contributed by atoms with van der Waals surface area (Å²) in [6, 6.07) is -3.34. The van der Waals surface area contributed by atoms with Gasteiger partial charge in [0, 0.05) is 0 Å². The van der Waals surface area contributed by atoms with E-state index >= 15 is 0 Å². The average molecular weight is 420 g/mol. The Bertz CT molecular complexity index is 586. The van der Waals surface area contributed by atoms with Crippen LogP contribution < -0.4 is 27.4 Å². The summed E-state index contributed by atoms with van der Waals surface area (Å²) in [5, 5.41) is 16.0. The molecule has 0 heterocycles. The summed E-state index contributed by atoms with van der Waals surface area (Å²) in [5.41, 5.74) is 10.8. The van der Waals surface area contributed by atoms with Gasteiger partial charge in [0.2, 0.25) is 23.6 Å². The highest BCUT2D eigenvalue weighted by Gasteiger charge is 2.28. The van der Waals surface area contributed by atoms with Crippen molar-refractivity contribution in [1.29, 1.82) is 0 Å². The number of rotatable bonds is 13. The van der Waals surface area contributed by atoms with Gasteiger partial charge in [-0.15, -0.1) is 0 Å². The van der Waals surface area contributed by atoms with E-state index in [-0.39, 0.29) is 12.3 Å². The van der Waals surface area contributed by atoms with Crippen LogP contribution in [0.5, 0.6) is 0 Å². The van der Waals surface area contributed by atoms with E-state index in [0.717, 1.165) is 0 Å². The number of amides is 4. The summed E-state index contributed by atoms with van der Waals surface area (Å²) in [5.74, 6) is -3.88. The topological polar surface area (TPSA) is 194 Å². The lowest BCUT2D eigenvalue weighted by Gasteiger charge is -2.21. The molecular weight excluding hydrogens is 390 g/mol. The van der Waals surface area contributed by atoms with Crippen LogP contribution in [0, 0.1) is 5.92 Å².